The Bertz CT molecular complexity index is 584. The van der Waals surface area contributed by atoms with E-state index in [-0.39, 0.29) is 11.9 Å². The lowest BCUT2D eigenvalue weighted by Crippen LogP contribution is -2.33. The number of nitrogens with one attached hydrogen (secondary N) is 2. The van der Waals surface area contributed by atoms with Crippen molar-refractivity contribution in [1.29, 1.82) is 0 Å². The molecule has 2 N–H and O–H groups in total. The van der Waals surface area contributed by atoms with E-state index in [4.69, 9.17) is 0 Å². The zero-order chi connectivity index (χ0) is 15.2. The average molecular weight is 305 g/mol. The van der Waals surface area contributed by atoms with Gasteiger partial charge in [0.1, 0.15) is 5.82 Å². The Balaban J connectivity index is 1.93. The van der Waals surface area contributed by atoms with Gasteiger partial charge in [-0.15, -0.1) is 5.10 Å². The van der Waals surface area contributed by atoms with E-state index < -0.39 is 0 Å². The molecule has 0 fully saturated rings. The van der Waals surface area contributed by atoms with Crippen molar-refractivity contribution in [2.45, 2.75) is 32.0 Å². The molecule has 1 amide bonds. The largest absolute Gasteiger partial charge is 0.348 e. The summed E-state index contributed by atoms with van der Waals surface area (Å²) in [5.41, 5.74) is 1.06. The SMILES string of the molecule is Cc1nc(SCC(=O)N[C@H](c2ccncc2)C(C)C)n[nH]1. The van der Waals surface area contributed by atoms with Crippen molar-refractivity contribution in [1.82, 2.24) is 25.5 Å². The van der Waals surface area contributed by atoms with Crippen molar-refractivity contribution >= 4 is 17.7 Å². The number of aryl methyl sites for hydroxylation is 1. The molecule has 21 heavy (non-hydrogen) atoms. The number of aromatic amines is 1. The van der Waals surface area contributed by atoms with Crippen molar-refractivity contribution in [2.75, 3.05) is 5.75 Å². The highest BCUT2D eigenvalue weighted by Gasteiger charge is 2.18. The fourth-order valence-electron chi connectivity index (χ4n) is 1.94. The van der Waals surface area contributed by atoms with E-state index in [1.165, 1.54) is 11.8 Å². The van der Waals surface area contributed by atoms with Gasteiger partial charge < -0.3 is 5.32 Å². The minimum atomic E-state index is -0.0297. The van der Waals surface area contributed by atoms with Crippen LogP contribution in [0.15, 0.2) is 29.7 Å². The predicted octanol–water partition coefficient (Wildman–Crippen LogP) is 2.11. The number of aromatic nitrogens is 4. The Morgan fingerprint density at radius 1 is 1.38 bits per heavy atom. The monoisotopic (exact) mass is 305 g/mol. The number of rotatable bonds is 6. The first kappa shape index (κ1) is 15.5. The van der Waals surface area contributed by atoms with Gasteiger partial charge in [-0.2, -0.15) is 0 Å². The van der Waals surface area contributed by atoms with Crippen LogP contribution in [0.1, 0.15) is 31.3 Å². The Morgan fingerprint density at radius 3 is 2.67 bits per heavy atom. The smallest absolute Gasteiger partial charge is 0.230 e. The summed E-state index contributed by atoms with van der Waals surface area (Å²) >= 11 is 1.32. The van der Waals surface area contributed by atoms with Gasteiger partial charge in [-0.1, -0.05) is 25.6 Å². The fraction of sp³-hybridized carbons (Fsp3) is 0.429. The van der Waals surface area contributed by atoms with Gasteiger partial charge in [-0.05, 0) is 30.5 Å². The normalized spacial score (nSPS) is 12.4. The van der Waals surface area contributed by atoms with Gasteiger partial charge in [-0.3, -0.25) is 14.9 Å². The summed E-state index contributed by atoms with van der Waals surface area (Å²) in [6, 6.07) is 3.84. The van der Waals surface area contributed by atoms with Crippen LogP contribution in [0, 0.1) is 12.8 Å². The summed E-state index contributed by atoms with van der Waals surface area (Å²) in [5, 5.41) is 10.4. The van der Waals surface area contributed by atoms with Gasteiger partial charge in [0.25, 0.3) is 0 Å². The lowest BCUT2D eigenvalue weighted by molar-refractivity contribution is -0.119. The summed E-state index contributed by atoms with van der Waals surface area (Å²) in [6.45, 7) is 5.99. The lowest BCUT2D eigenvalue weighted by atomic mass is 9.97. The second-order valence-electron chi connectivity index (χ2n) is 5.06. The van der Waals surface area contributed by atoms with Gasteiger partial charge in [0.15, 0.2) is 0 Å². The van der Waals surface area contributed by atoms with Crippen molar-refractivity contribution in [3.05, 3.63) is 35.9 Å². The maximum Gasteiger partial charge on any atom is 0.230 e. The van der Waals surface area contributed by atoms with Crippen LogP contribution < -0.4 is 5.32 Å². The molecule has 2 heterocycles. The summed E-state index contributed by atoms with van der Waals surface area (Å²) in [4.78, 5) is 20.3. The third-order valence-electron chi connectivity index (χ3n) is 2.96. The van der Waals surface area contributed by atoms with E-state index in [2.05, 4.69) is 39.3 Å². The highest BCUT2D eigenvalue weighted by molar-refractivity contribution is 7.99. The molecule has 0 aliphatic carbocycles. The third kappa shape index (κ3) is 4.56. The quantitative estimate of drug-likeness (QED) is 0.799. The van der Waals surface area contributed by atoms with Gasteiger partial charge >= 0.3 is 0 Å². The first-order valence-corrected chi connectivity index (χ1v) is 7.76. The van der Waals surface area contributed by atoms with Crippen LogP contribution >= 0.6 is 11.8 Å². The maximum absolute atomic E-state index is 12.1. The first-order chi connectivity index (χ1) is 10.1. The summed E-state index contributed by atoms with van der Waals surface area (Å²) < 4.78 is 0. The molecule has 2 aromatic rings. The number of thioether (sulfide) groups is 1. The minimum absolute atomic E-state index is 0.0185. The molecular weight excluding hydrogens is 286 g/mol. The molecule has 0 saturated heterocycles. The number of nitrogens with zero attached hydrogens (tertiary/aromatic N) is 3. The van der Waals surface area contributed by atoms with Crippen LogP contribution in [0.25, 0.3) is 0 Å². The first-order valence-electron chi connectivity index (χ1n) is 6.77. The number of carbonyl (C=O) groups is 1. The number of pyridine rings is 1. The Labute approximate surface area is 128 Å². The molecule has 2 rings (SSSR count). The second kappa shape index (κ2) is 7.21. The predicted molar refractivity (Wildman–Crippen MR) is 81.8 cm³/mol. The second-order valence-corrected chi connectivity index (χ2v) is 6.00. The van der Waals surface area contributed by atoms with Gasteiger partial charge in [0, 0.05) is 12.4 Å². The van der Waals surface area contributed by atoms with Crippen molar-refractivity contribution < 1.29 is 4.79 Å². The summed E-state index contributed by atoms with van der Waals surface area (Å²) in [7, 11) is 0. The molecule has 1 atom stereocenters. The van der Waals surface area contributed by atoms with Crippen LogP contribution in [0.4, 0.5) is 0 Å². The van der Waals surface area contributed by atoms with E-state index in [9.17, 15) is 4.79 Å². The number of hydrogen-bond acceptors (Lipinski definition) is 5. The summed E-state index contributed by atoms with van der Waals surface area (Å²) in [6.07, 6.45) is 3.48. The maximum atomic E-state index is 12.1. The van der Waals surface area contributed by atoms with Crippen molar-refractivity contribution in [3.8, 4) is 0 Å². The molecule has 7 heteroatoms. The average Bonchev–Trinajstić information content (AvgIpc) is 2.89. The van der Waals surface area contributed by atoms with Gasteiger partial charge in [0.05, 0.1) is 11.8 Å². The van der Waals surface area contributed by atoms with E-state index in [1.807, 2.05) is 19.1 Å². The molecule has 0 aliphatic heterocycles. The van der Waals surface area contributed by atoms with Crippen molar-refractivity contribution in [3.63, 3.8) is 0 Å². The van der Waals surface area contributed by atoms with Crippen molar-refractivity contribution in [2.24, 2.45) is 5.92 Å². The van der Waals surface area contributed by atoms with Crippen LogP contribution in [0.2, 0.25) is 0 Å². The Morgan fingerprint density at radius 2 is 2.10 bits per heavy atom. The molecule has 2 aromatic heterocycles. The molecular formula is C14H19N5OS. The minimum Gasteiger partial charge on any atom is -0.348 e. The highest BCUT2D eigenvalue weighted by atomic mass is 32.2. The van der Waals surface area contributed by atoms with Crippen LogP contribution in [-0.2, 0) is 4.79 Å². The number of amides is 1. The van der Waals surface area contributed by atoms with E-state index in [0.717, 1.165) is 11.4 Å². The van der Waals surface area contributed by atoms with Crippen LogP contribution in [0.5, 0.6) is 0 Å². The van der Waals surface area contributed by atoms with Gasteiger partial charge in [-0.25, -0.2) is 4.98 Å². The molecule has 0 spiro atoms. The molecule has 0 aliphatic rings. The molecule has 0 radical (unpaired) electrons. The number of hydrogen-bond donors (Lipinski definition) is 2. The standard InChI is InChI=1S/C14H19N5OS/c1-9(2)13(11-4-6-15-7-5-11)17-12(20)8-21-14-16-10(3)18-19-14/h4-7,9,13H,8H2,1-3H3,(H,17,20)(H,16,18,19)/t13-/m0/s1. The summed E-state index contributed by atoms with van der Waals surface area (Å²) in [5.74, 6) is 1.31. The molecule has 0 unspecified atom stereocenters. The van der Waals surface area contributed by atoms with Gasteiger partial charge in [0.2, 0.25) is 11.1 Å². The van der Waals surface area contributed by atoms with Crippen LogP contribution in [0.3, 0.4) is 0 Å². The van der Waals surface area contributed by atoms with E-state index in [1.54, 1.807) is 12.4 Å². The topological polar surface area (TPSA) is 83.6 Å². The molecule has 0 bridgehead atoms. The lowest BCUT2D eigenvalue weighted by Gasteiger charge is -2.22. The van der Waals surface area contributed by atoms with E-state index >= 15 is 0 Å². The fourth-order valence-corrected chi connectivity index (χ4v) is 2.59. The zero-order valence-corrected chi connectivity index (χ0v) is 13.1. The highest BCUT2D eigenvalue weighted by Crippen LogP contribution is 2.21. The molecule has 0 saturated carbocycles. The number of carbonyl (C=O) groups excluding carboxylic acids is 1. The number of H-pyrrole nitrogens is 1. The third-order valence-corrected chi connectivity index (χ3v) is 3.80. The zero-order valence-electron chi connectivity index (χ0n) is 12.3. The van der Waals surface area contributed by atoms with Crippen LogP contribution in [-0.4, -0.2) is 31.8 Å². The van der Waals surface area contributed by atoms with E-state index in [0.29, 0.717) is 16.8 Å². The Hall–Kier alpha value is -1.89. The molecule has 112 valence electrons. The Kier molecular flexibility index (Phi) is 5.32. The molecule has 0 aromatic carbocycles. The molecule has 6 nitrogen and oxygen atoms in total.